The number of methoxy groups -OCH3 is 4. The summed E-state index contributed by atoms with van der Waals surface area (Å²) in [6.07, 6.45) is 0. The maximum atomic E-state index is 6.18. The van der Waals surface area contributed by atoms with Crippen molar-refractivity contribution in [1.82, 2.24) is 4.98 Å². The Morgan fingerprint density at radius 1 is 0.720 bits per heavy atom. The molecule has 25 heavy (non-hydrogen) atoms. The van der Waals surface area contributed by atoms with Gasteiger partial charge >= 0.3 is 0 Å². The van der Waals surface area contributed by atoms with E-state index < -0.39 is 0 Å². The number of pyridine rings is 1. The van der Waals surface area contributed by atoms with E-state index in [1.807, 2.05) is 36.4 Å². The Hall–Kier alpha value is -3.15. The third kappa shape index (κ3) is 3.10. The third-order valence-electron chi connectivity index (χ3n) is 4.01. The van der Waals surface area contributed by atoms with Crippen molar-refractivity contribution in [3.63, 3.8) is 0 Å². The second kappa shape index (κ2) is 6.76. The first-order chi connectivity index (χ1) is 12.1. The molecule has 0 aliphatic rings. The topological polar surface area (TPSA) is 75.8 Å². The van der Waals surface area contributed by atoms with Gasteiger partial charge in [0.25, 0.3) is 0 Å². The van der Waals surface area contributed by atoms with Gasteiger partial charge in [0.05, 0.1) is 34.1 Å². The maximum absolute atomic E-state index is 6.18. The fourth-order valence-corrected chi connectivity index (χ4v) is 2.71. The summed E-state index contributed by atoms with van der Waals surface area (Å²) >= 11 is 0. The van der Waals surface area contributed by atoms with Crippen LogP contribution in [0.5, 0.6) is 23.0 Å². The molecule has 3 aromatic rings. The van der Waals surface area contributed by atoms with Crippen LogP contribution >= 0.6 is 0 Å². The Bertz CT molecular complexity index is 903. The molecule has 6 nitrogen and oxygen atoms in total. The lowest BCUT2D eigenvalue weighted by Crippen LogP contribution is -1.97. The van der Waals surface area contributed by atoms with Gasteiger partial charge in [-0.05, 0) is 35.7 Å². The zero-order chi connectivity index (χ0) is 18.0. The van der Waals surface area contributed by atoms with E-state index in [-0.39, 0.29) is 0 Å². The van der Waals surface area contributed by atoms with E-state index in [2.05, 4.69) is 4.98 Å². The van der Waals surface area contributed by atoms with Crippen molar-refractivity contribution in [2.75, 3.05) is 34.2 Å². The highest BCUT2D eigenvalue weighted by molar-refractivity contribution is 5.96. The van der Waals surface area contributed by atoms with Crippen molar-refractivity contribution in [3.05, 3.63) is 36.4 Å². The fraction of sp³-hybridized carbons (Fsp3) is 0.211. The van der Waals surface area contributed by atoms with Crippen LogP contribution in [0.15, 0.2) is 36.4 Å². The average molecular weight is 340 g/mol. The van der Waals surface area contributed by atoms with Crippen molar-refractivity contribution in [2.24, 2.45) is 0 Å². The number of nitrogens with zero attached hydrogens (tertiary/aromatic N) is 1. The minimum Gasteiger partial charge on any atom is -0.497 e. The van der Waals surface area contributed by atoms with Crippen LogP contribution in [0.4, 0.5) is 5.82 Å². The number of nitrogen functional groups attached to an aromatic ring is 1. The smallest absolute Gasteiger partial charge is 0.161 e. The molecule has 0 saturated heterocycles. The monoisotopic (exact) mass is 340 g/mol. The molecule has 1 heterocycles. The number of fused-ring (bicyclic) bond motifs is 1. The molecular weight excluding hydrogens is 320 g/mol. The van der Waals surface area contributed by atoms with E-state index in [4.69, 9.17) is 24.7 Å². The van der Waals surface area contributed by atoms with Crippen LogP contribution in [0.3, 0.4) is 0 Å². The van der Waals surface area contributed by atoms with Crippen molar-refractivity contribution < 1.29 is 18.9 Å². The summed E-state index contributed by atoms with van der Waals surface area (Å²) in [6, 6.07) is 11.2. The summed E-state index contributed by atoms with van der Waals surface area (Å²) in [5.41, 5.74) is 7.74. The second-order valence-corrected chi connectivity index (χ2v) is 5.42. The first kappa shape index (κ1) is 16.7. The van der Waals surface area contributed by atoms with Crippen molar-refractivity contribution >= 4 is 16.6 Å². The van der Waals surface area contributed by atoms with Gasteiger partial charge in [-0.1, -0.05) is 0 Å². The number of ether oxygens (including phenoxy) is 4. The van der Waals surface area contributed by atoms with E-state index in [1.165, 1.54) is 0 Å². The molecule has 6 heteroatoms. The number of hydrogen-bond acceptors (Lipinski definition) is 6. The predicted molar refractivity (Wildman–Crippen MR) is 97.8 cm³/mol. The van der Waals surface area contributed by atoms with Crippen LogP contribution in [-0.2, 0) is 0 Å². The highest BCUT2D eigenvalue weighted by Gasteiger charge is 2.12. The molecule has 0 aliphatic heterocycles. The molecule has 0 atom stereocenters. The Balaban J connectivity index is 2.21. The lowest BCUT2D eigenvalue weighted by Gasteiger charge is -2.13. The summed E-state index contributed by atoms with van der Waals surface area (Å²) in [7, 11) is 6.40. The summed E-state index contributed by atoms with van der Waals surface area (Å²) < 4.78 is 21.4. The number of anilines is 1. The lowest BCUT2D eigenvalue weighted by molar-refractivity contribution is 0.356. The highest BCUT2D eigenvalue weighted by Crippen LogP contribution is 2.37. The standard InChI is InChI=1S/C19H20N2O4/c1-22-13-5-12(6-14(9-13)23-2)16-7-11-8-17(24-3)18(25-4)10-15(11)19(20)21-16/h5-10H,1-4H3,(H2,20,21). The molecule has 0 spiro atoms. The van der Waals surface area contributed by atoms with Gasteiger partial charge in [0.2, 0.25) is 0 Å². The zero-order valence-corrected chi connectivity index (χ0v) is 14.6. The Morgan fingerprint density at radius 3 is 1.88 bits per heavy atom. The van der Waals surface area contributed by atoms with E-state index in [0.29, 0.717) is 28.8 Å². The average Bonchev–Trinajstić information content (AvgIpc) is 2.66. The Kier molecular flexibility index (Phi) is 4.52. The number of rotatable bonds is 5. The van der Waals surface area contributed by atoms with Crippen LogP contribution in [0.2, 0.25) is 0 Å². The quantitative estimate of drug-likeness (QED) is 0.766. The van der Waals surface area contributed by atoms with Crippen molar-refractivity contribution in [1.29, 1.82) is 0 Å². The van der Waals surface area contributed by atoms with Crippen LogP contribution < -0.4 is 24.7 Å². The van der Waals surface area contributed by atoms with Gasteiger partial charge in [-0.25, -0.2) is 4.98 Å². The number of aromatic nitrogens is 1. The third-order valence-corrected chi connectivity index (χ3v) is 4.01. The molecular formula is C19H20N2O4. The normalized spacial score (nSPS) is 10.6. The molecule has 0 saturated carbocycles. The largest absolute Gasteiger partial charge is 0.497 e. The number of nitrogens with two attached hydrogens (primary N) is 1. The molecule has 2 N–H and O–H groups in total. The SMILES string of the molecule is COc1cc(OC)cc(-c2cc3cc(OC)c(OC)cc3c(N)n2)c1. The predicted octanol–water partition coefficient (Wildman–Crippen LogP) is 3.52. The summed E-state index contributed by atoms with van der Waals surface area (Å²) in [5.74, 6) is 3.02. The van der Waals surface area contributed by atoms with Crippen LogP contribution in [0.1, 0.15) is 0 Å². The molecule has 0 radical (unpaired) electrons. The van der Waals surface area contributed by atoms with E-state index >= 15 is 0 Å². The molecule has 0 bridgehead atoms. The summed E-state index contributed by atoms with van der Waals surface area (Å²) in [6.45, 7) is 0. The van der Waals surface area contributed by atoms with Crippen LogP contribution in [0.25, 0.3) is 22.0 Å². The van der Waals surface area contributed by atoms with Crippen LogP contribution in [0, 0.1) is 0 Å². The van der Waals surface area contributed by atoms with Gasteiger partial charge in [-0.15, -0.1) is 0 Å². The first-order valence-corrected chi connectivity index (χ1v) is 7.65. The zero-order valence-electron chi connectivity index (χ0n) is 14.6. The highest BCUT2D eigenvalue weighted by atomic mass is 16.5. The minimum absolute atomic E-state index is 0.412. The molecule has 0 unspecified atom stereocenters. The molecule has 3 rings (SSSR count). The van der Waals surface area contributed by atoms with E-state index in [0.717, 1.165) is 22.0 Å². The van der Waals surface area contributed by atoms with Gasteiger partial charge in [-0.3, -0.25) is 0 Å². The van der Waals surface area contributed by atoms with Gasteiger partial charge in [-0.2, -0.15) is 0 Å². The van der Waals surface area contributed by atoms with E-state index in [1.54, 1.807) is 28.4 Å². The van der Waals surface area contributed by atoms with Crippen molar-refractivity contribution in [3.8, 4) is 34.3 Å². The van der Waals surface area contributed by atoms with Crippen molar-refractivity contribution in [2.45, 2.75) is 0 Å². The number of benzene rings is 2. The molecule has 0 amide bonds. The Morgan fingerprint density at radius 2 is 1.32 bits per heavy atom. The molecule has 0 fully saturated rings. The summed E-state index contributed by atoms with van der Waals surface area (Å²) in [4.78, 5) is 4.52. The summed E-state index contributed by atoms with van der Waals surface area (Å²) in [5, 5.41) is 1.71. The van der Waals surface area contributed by atoms with Crippen LogP contribution in [-0.4, -0.2) is 33.4 Å². The Labute approximate surface area is 146 Å². The molecule has 0 aliphatic carbocycles. The minimum atomic E-state index is 0.412. The first-order valence-electron chi connectivity index (χ1n) is 7.65. The lowest BCUT2D eigenvalue weighted by atomic mass is 10.1. The van der Waals surface area contributed by atoms with E-state index in [9.17, 15) is 0 Å². The van der Waals surface area contributed by atoms with Gasteiger partial charge < -0.3 is 24.7 Å². The van der Waals surface area contributed by atoms with Gasteiger partial charge in [0, 0.05) is 17.0 Å². The maximum Gasteiger partial charge on any atom is 0.161 e. The van der Waals surface area contributed by atoms with Gasteiger partial charge in [0.1, 0.15) is 17.3 Å². The molecule has 130 valence electrons. The number of hydrogen-bond donors (Lipinski definition) is 1. The second-order valence-electron chi connectivity index (χ2n) is 5.42. The molecule has 1 aromatic heterocycles. The van der Waals surface area contributed by atoms with Gasteiger partial charge in [0.15, 0.2) is 11.5 Å². The fourth-order valence-electron chi connectivity index (χ4n) is 2.71. The molecule has 2 aromatic carbocycles.